The minimum absolute atomic E-state index is 0.0126. The van der Waals surface area contributed by atoms with E-state index in [-0.39, 0.29) is 30.6 Å². The van der Waals surface area contributed by atoms with Gasteiger partial charge in [0.2, 0.25) is 11.8 Å². The summed E-state index contributed by atoms with van der Waals surface area (Å²) < 4.78 is 5.67. The Morgan fingerprint density at radius 1 is 1.22 bits per heavy atom. The number of anilines is 1. The first-order chi connectivity index (χ1) is 10.8. The van der Waals surface area contributed by atoms with E-state index in [0.717, 1.165) is 11.3 Å². The van der Waals surface area contributed by atoms with Crippen LogP contribution in [0, 0.1) is 0 Å². The quantitative estimate of drug-likeness (QED) is 0.838. The number of morpholine rings is 1. The summed E-state index contributed by atoms with van der Waals surface area (Å²) in [4.78, 5) is 28.9. The van der Waals surface area contributed by atoms with Crippen molar-refractivity contribution >= 4 is 17.5 Å². The van der Waals surface area contributed by atoms with Crippen molar-refractivity contribution in [2.45, 2.75) is 45.3 Å². The summed E-state index contributed by atoms with van der Waals surface area (Å²) in [6.07, 6.45) is 0.0569. The van der Waals surface area contributed by atoms with Crippen LogP contribution in [0.5, 0.6) is 0 Å². The maximum atomic E-state index is 12.8. The molecule has 1 fully saturated rings. The van der Waals surface area contributed by atoms with Gasteiger partial charge in [0.25, 0.3) is 0 Å². The second-order valence-electron chi connectivity index (χ2n) is 7.09. The van der Waals surface area contributed by atoms with Crippen molar-refractivity contribution in [2.75, 3.05) is 24.5 Å². The molecule has 1 aromatic carbocycles. The van der Waals surface area contributed by atoms with Gasteiger partial charge in [0, 0.05) is 18.8 Å². The Labute approximate surface area is 137 Å². The number of hydrogen-bond acceptors (Lipinski definition) is 3. The summed E-state index contributed by atoms with van der Waals surface area (Å²) in [5.41, 5.74) is 1.26. The molecule has 2 heterocycles. The van der Waals surface area contributed by atoms with Gasteiger partial charge in [0.05, 0.1) is 17.6 Å². The highest BCUT2D eigenvalue weighted by Crippen LogP contribution is 2.41. The van der Waals surface area contributed by atoms with E-state index in [1.54, 1.807) is 9.80 Å². The van der Waals surface area contributed by atoms with Gasteiger partial charge in [0.1, 0.15) is 6.54 Å². The summed E-state index contributed by atoms with van der Waals surface area (Å²) >= 11 is 0. The number of carbonyl (C=O) groups excluding carboxylic acids is 2. The number of para-hydroxylation sites is 1. The molecule has 2 aliphatic rings. The smallest absolute Gasteiger partial charge is 0.242 e. The van der Waals surface area contributed by atoms with Crippen molar-refractivity contribution in [3.63, 3.8) is 0 Å². The molecular formula is C18H24N2O3. The zero-order chi connectivity index (χ0) is 16.8. The number of hydrogen-bond donors (Lipinski definition) is 0. The Morgan fingerprint density at radius 2 is 1.83 bits per heavy atom. The summed E-state index contributed by atoms with van der Waals surface area (Å²) in [6.45, 7) is 9.02. The van der Waals surface area contributed by atoms with E-state index in [0.29, 0.717) is 13.1 Å². The fraction of sp³-hybridized carbons (Fsp3) is 0.556. The molecule has 3 rings (SSSR count). The third-order valence-corrected chi connectivity index (χ3v) is 4.71. The predicted molar refractivity (Wildman–Crippen MR) is 88.4 cm³/mol. The van der Waals surface area contributed by atoms with Crippen LogP contribution in [0.15, 0.2) is 24.3 Å². The lowest BCUT2D eigenvalue weighted by Crippen LogP contribution is -2.52. The van der Waals surface area contributed by atoms with Crippen LogP contribution in [0.1, 0.15) is 33.3 Å². The molecule has 2 atom stereocenters. The maximum Gasteiger partial charge on any atom is 0.242 e. The van der Waals surface area contributed by atoms with Crippen LogP contribution >= 0.6 is 0 Å². The molecule has 2 amide bonds. The van der Waals surface area contributed by atoms with Crippen LogP contribution in [-0.4, -0.2) is 48.6 Å². The predicted octanol–water partition coefficient (Wildman–Crippen LogP) is 1.95. The molecule has 1 saturated heterocycles. The molecule has 0 spiro atoms. The second kappa shape index (κ2) is 5.64. The highest BCUT2D eigenvalue weighted by atomic mass is 16.5. The molecular weight excluding hydrogens is 292 g/mol. The molecule has 5 heteroatoms. The molecule has 0 aliphatic carbocycles. The highest BCUT2D eigenvalue weighted by Gasteiger charge is 2.44. The number of fused-ring (bicyclic) bond motifs is 1. The Balaban J connectivity index is 1.80. The van der Waals surface area contributed by atoms with Gasteiger partial charge in [-0.2, -0.15) is 0 Å². The van der Waals surface area contributed by atoms with E-state index >= 15 is 0 Å². The van der Waals surface area contributed by atoms with Gasteiger partial charge in [-0.3, -0.25) is 9.59 Å². The van der Waals surface area contributed by atoms with Gasteiger partial charge in [-0.25, -0.2) is 0 Å². The molecule has 1 aromatic rings. The van der Waals surface area contributed by atoms with Crippen molar-refractivity contribution in [2.24, 2.45) is 0 Å². The molecule has 5 nitrogen and oxygen atoms in total. The summed E-state index contributed by atoms with van der Waals surface area (Å²) in [6, 6.07) is 7.73. The molecule has 0 N–H and O–H groups in total. The van der Waals surface area contributed by atoms with Crippen molar-refractivity contribution in [1.82, 2.24) is 4.90 Å². The van der Waals surface area contributed by atoms with Crippen molar-refractivity contribution in [3.8, 4) is 0 Å². The molecule has 0 saturated carbocycles. The Hall–Kier alpha value is -1.88. The molecule has 124 valence electrons. The monoisotopic (exact) mass is 316 g/mol. The average molecular weight is 316 g/mol. The van der Waals surface area contributed by atoms with Crippen LogP contribution in [0.3, 0.4) is 0 Å². The third kappa shape index (κ3) is 2.74. The van der Waals surface area contributed by atoms with Crippen molar-refractivity contribution in [3.05, 3.63) is 29.8 Å². The van der Waals surface area contributed by atoms with Crippen LogP contribution in [0.25, 0.3) is 0 Å². The van der Waals surface area contributed by atoms with Crippen LogP contribution in [0.2, 0.25) is 0 Å². The van der Waals surface area contributed by atoms with E-state index in [1.807, 2.05) is 52.0 Å². The summed E-state index contributed by atoms with van der Waals surface area (Å²) in [5.74, 6) is -0.0331. The Bertz CT molecular complexity index is 631. The standard InChI is InChI=1S/C18H24N2O3/c1-12-9-19(10-13(2)23-12)16(21)11-20-15-8-6-5-7-14(15)18(3,4)17(20)22/h5-8,12-13H,9-11H2,1-4H3. The number of amides is 2. The lowest BCUT2D eigenvalue weighted by molar-refractivity contribution is -0.142. The van der Waals surface area contributed by atoms with Crippen LogP contribution < -0.4 is 4.90 Å². The number of ether oxygens (including phenoxy) is 1. The van der Waals surface area contributed by atoms with E-state index < -0.39 is 5.41 Å². The number of carbonyl (C=O) groups is 2. The number of nitrogens with zero attached hydrogens (tertiary/aromatic N) is 2. The molecule has 2 unspecified atom stereocenters. The fourth-order valence-corrected chi connectivity index (χ4v) is 3.57. The molecule has 0 aromatic heterocycles. The number of rotatable bonds is 2. The maximum absolute atomic E-state index is 12.8. The van der Waals surface area contributed by atoms with Gasteiger partial charge in [-0.15, -0.1) is 0 Å². The average Bonchev–Trinajstić information content (AvgIpc) is 2.68. The van der Waals surface area contributed by atoms with E-state index in [2.05, 4.69) is 0 Å². The first kappa shape index (κ1) is 16.0. The van der Waals surface area contributed by atoms with Gasteiger partial charge < -0.3 is 14.5 Å². The largest absolute Gasteiger partial charge is 0.372 e. The molecule has 23 heavy (non-hydrogen) atoms. The minimum Gasteiger partial charge on any atom is -0.372 e. The molecule has 0 radical (unpaired) electrons. The number of benzene rings is 1. The zero-order valence-electron chi connectivity index (χ0n) is 14.2. The summed E-state index contributed by atoms with van der Waals surface area (Å²) in [7, 11) is 0. The normalized spacial score (nSPS) is 26.3. The SMILES string of the molecule is CC1CN(C(=O)CN2C(=O)C(C)(C)c3ccccc32)CC(C)O1. The van der Waals surface area contributed by atoms with Crippen LogP contribution in [0.4, 0.5) is 5.69 Å². The molecule has 0 bridgehead atoms. The Kier molecular flexibility index (Phi) is 3.92. The lowest BCUT2D eigenvalue weighted by Gasteiger charge is -2.36. The first-order valence-electron chi connectivity index (χ1n) is 8.15. The summed E-state index contributed by atoms with van der Waals surface area (Å²) in [5, 5.41) is 0. The fourth-order valence-electron chi connectivity index (χ4n) is 3.57. The second-order valence-corrected chi connectivity index (χ2v) is 7.09. The van der Waals surface area contributed by atoms with Gasteiger partial charge in [-0.05, 0) is 39.3 Å². The minimum atomic E-state index is -0.581. The van der Waals surface area contributed by atoms with Gasteiger partial charge in [-0.1, -0.05) is 18.2 Å². The zero-order valence-corrected chi connectivity index (χ0v) is 14.2. The first-order valence-corrected chi connectivity index (χ1v) is 8.15. The van der Waals surface area contributed by atoms with E-state index in [9.17, 15) is 9.59 Å². The third-order valence-electron chi connectivity index (χ3n) is 4.71. The topological polar surface area (TPSA) is 49.9 Å². The van der Waals surface area contributed by atoms with Gasteiger partial charge >= 0.3 is 0 Å². The van der Waals surface area contributed by atoms with E-state index in [4.69, 9.17) is 4.74 Å². The lowest BCUT2D eigenvalue weighted by atomic mass is 9.86. The molecule has 2 aliphatic heterocycles. The van der Waals surface area contributed by atoms with Crippen molar-refractivity contribution < 1.29 is 14.3 Å². The van der Waals surface area contributed by atoms with E-state index in [1.165, 1.54) is 0 Å². The van der Waals surface area contributed by atoms with Crippen LogP contribution in [-0.2, 0) is 19.7 Å². The van der Waals surface area contributed by atoms with Gasteiger partial charge in [0.15, 0.2) is 0 Å². The Morgan fingerprint density at radius 3 is 2.48 bits per heavy atom. The van der Waals surface area contributed by atoms with Crippen molar-refractivity contribution in [1.29, 1.82) is 0 Å². The highest BCUT2D eigenvalue weighted by molar-refractivity contribution is 6.10.